The lowest BCUT2D eigenvalue weighted by atomic mass is 9.90. The standard InChI is InChI=1S/C15H14/c1-10-5-3-7-12-13-8-4-6-11(2)15(13)9-14(10)12/h3-10H,1-2H3. The Labute approximate surface area is 90.6 Å². The van der Waals surface area contributed by atoms with Gasteiger partial charge in [0.05, 0.1) is 0 Å². The van der Waals surface area contributed by atoms with Crippen LogP contribution in [0, 0.1) is 12.8 Å². The molecule has 0 aromatic heterocycles. The van der Waals surface area contributed by atoms with Crippen LogP contribution in [-0.2, 0) is 0 Å². The summed E-state index contributed by atoms with van der Waals surface area (Å²) in [6.45, 7) is 4.45. The number of benzene rings is 1. The van der Waals surface area contributed by atoms with Gasteiger partial charge in [0.25, 0.3) is 0 Å². The van der Waals surface area contributed by atoms with Crippen LogP contribution in [0.4, 0.5) is 0 Å². The maximum Gasteiger partial charge on any atom is -0.0000940 e. The highest BCUT2D eigenvalue weighted by atomic mass is 14.3. The zero-order valence-electron chi connectivity index (χ0n) is 9.12. The van der Waals surface area contributed by atoms with E-state index in [0.29, 0.717) is 5.92 Å². The average Bonchev–Trinajstić information content (AvgIpc) is 2.60. The van der Waals surface area contributed by atoms with Crippen molar-refractivity contribution in [1.29, 1.82) is 0 Å². The van der Waals surface area contributed by atoms with E-state index in [9.17, 15) is 0 Å². The minimum absolute atomic E-state index is 0.553. The predicted octanol–water partition coefficient (Wildman–Crippen LogP) is 3.98. The van der Waals surface area contributed by atoms with Gasteiger partial charge in [-0.15, -0.1) is 0 Å². The summed E-state index contributed by atoms with van der Waals surface area (Å²) < 4.78 is 0. The van der Waals surface area contributed by atoms with Gasteiger partial charge in [0.2, 0.25) is 0 Å². The summed E-state index contributed by atoms with van der Waals surface area (Å²) in [6.07, 6.45) is 9.02. The predicted molar refractivity (Wildman–Crippen MR) is 65.4 cm³/mol. The van der Waals surface area contributed by atoms with Crippen molar-refractivity contribution in [3.05, 3.63) is 58.7 Å². The zero-order valence-corrected chi connectivity index (χ0v) is 9.12. The second-order valence-corrected chi connectivity index (χ2v) is 4.39. The number of rotatable bonds is 0. The number of allylic oxidation sites excluding steroid dienone is 5. The van der Waals surface area contributed by atoms with Gasteiger partial charge in [-0.2, -0.15) is 0 Å². The fourth-order valence-corrected chi connectivity index (χ4v) is 2.48. The highest BCUT2D eigenvalue weighted by molar-refractivity contribution is 5.97. The van der Waals surface area contributed by atoms with E-state index in [2.05, 4.69) is 56.4 Å². The number of hydrogen-bond acceptors (Lipinski definition) is 0. The Morgan fingerprint density at radius 1 is 1.20 bits per heavy atom. The summed E-state index contributed by atoms with van der Waals surface area (Å²) in [6, 6.07) is 6.56. The van der Waals surface area contributed by atoms with Gasteiger partial charge in [-0.25, -0.2) is 0 Å². The molecule has 1 atom stereocenters. The average molecular weight is 194 g/mol. The Hall–Kier alpha value is -1.56. The first kappa shape index (κ1) is 8.72. The van der Waals surface area contributed by atoms with Crippen LogP contribution in [0.15, 0.2) is 42.0 Å². The van der Waals surface area contributed by atoms with Crippen LogP contribution in [0.25, 0.3) is 11.6 Å². The van der Waals surface area contributed by atoms with Gasteiger partial charge in [-0.3, -0.25) is 0 Å². The van der Waals surface area contributed by atoms with Crippen LogP contribution in [0.1, 0.15) is 23.6 Å². The summed E-state index contributed by atoms with van der Waals surface area (Å²) in [5.74, 6) is 0.553. The lowest BCUT2D eigenvalue weighted by molar-refractivity contribution is 0.901. The number of aryl methyl sites for hydroxylation is 1. The van der Waals surface area contributed by atoms with Crippen molar-refractivity contribution < 1.29 is 0 Å². The maximum absolute atomic E-state index is 2.35. The first-order chi connectivity index (χ1) is 7.27. The van der Waals surface area contributed by atoms with Crippen LogP contribution in [-0.4, -0.2) is 0 Å². The Morgan fingerprint density at radius 3 is 2.93 bits per heavy atom. The summed E-state index contributed by atoms with van der Waals surface area (Å²) in [7, 11) is 0. The van der Waals surface area contributed by atoms with Crippen molar-refractivity contribution >= 4 is 11.6 Å². The van der Waals surface area contributed by atoms with Crippen LogP contribution < -0.4 is 0 Å². The number of fused-ring (bicyclic) bond motifs is 3. The first-order valence-corrected chi connectivity index (χ1v) is 5.48. The fourth-order valence-electron chi connectivity index (χ4n) is 2.48. The molecule has 0 nitrogen and oxygen atoms in total. The van der Waals surface area contributed by atoms with E-state index in [-0.39, 0.29) is 0 Å². The minimum Gasteiger partial charge on any atom is -0.0772 e. The quantitative estimate of drug-likeness (QED) is 0.586. The molecule has 0 aliphatic heterocycles. The van der Waals surface area contributed by atoms with Gasteiger partial charge in [-0.05, 0) is 46.8 Å². The Kier molecular flexibility index (Phi) is 1.72. The third kappa shape index (κ3) is 1.14. The summed E-state index contributed by atoms with van der Waals surface area (Å²) in [4.78, 5) is 0. The van der Waals surface area contributed by atoms with Crippen LogP contribution in [0.3, 0.4) is 0 Å². The molecule has 0 heteroatoms. The van der Waals surface area contributed by atoms with Crippen molar-refractivity contribution in [2.24, 2.45) is 5.92 Å². The van der Waals surface area contributed by atoms with E-state index in [1.807, 2.05) is 0 Å². The molecular weight excluding hydrogens is 180 g/mol. The highest BCUT2D eigenvalue weighted by Crippen LogP contribution is 2.42. The molecule has 1 aromatic carbocycles. The molecule has 0 saturated carbocycles. The van der Waals surface area contributed by atoms with E-state index in [4.69, 9.17) is 0 Å². The molecule has 1 unspecified atom stereocenters. The van der Waals surface area contributed by atoms with Crippen LogP contribution >= 0.6 is 0 Å². The van der Waals surface area contributed by atoms with Gasteiger partial charge in [0.1, 0.15) is 0 Å². The molecule has 74 valence electrons. The van der Waals surface area contributed by atoms with Gasteiger partial charge >= 0.3 is 0 Å². The van der Waals surface area contributed by atoms with Crippen molar-refractivity contribution in [2.75, 3.05) is 0 Å². The molecule has 0 fully saturated rings. The highest BCUT2D eigenvalue weighted by Gasteiger charge is 2.23. The molecule has 0 heterocycles. The van der Waals surface area contributed by atoms with Gasteiger partial charge in [0, 0.05) is 0 Å². The summed E-state index contributed by atoms with van der Waals surface area (Å²) in [5, 5.41) is 0. The van der Waals surface area contributed by atoms with Gasteiger partial charge in [-0.1, -0.05) is 43.4 Å². The smallest absolute Gasteiger partial charge is 0.0000940 e. The maximum atomic E-state index is 2.35. The second-order valence-electron chi connectivity index (χ2n) is 4.39. The van der Waals surface area contributed by atoms with E-state index in [1.54, 1.807) is 0 Å². The summed E-state index contributed by atoms with van der Waals surface area (Å²) in [5.41, 5.74) is 7.09. The van der Waals surface area contributed by atoms with Gasteiger partial charge in [0.15, 0.2) is 0 Å². The Morgan fingerprint density at radius 2 is 2.07 bits per heavy atom. The van der Waals surface area contributed by atoms with E-state index >= 15 is 0 Å². The molecule has 0 spiro atoms. The molecule has 1 aromatic rings. The third-order valence-electron chi connectivity index (χ3n) is 3.38. The lowest BCUT2D eigenvalue weighted by Crippen LogP contribution is -1.98. The van der Waals surface area contributed by atoms with E-state index in [0.717, 1.165) is 0 Å². The number of hydrogen-bond donors (Lipinski definition) is 0. The molecule has 0 radical (unpaired) electrons. The first-order valence-electron chi connectivity index (χ1n) is 5.48. The molecule has 0 amide bonds. The van der Waals surface area contributed by atoms with Crippen LogP contribution in [0.5, 0.6) is 0 Å². The molecule has 3 rings (SSSR count). The molecule has 0 saturated heterocycles. The van der Waals surface area contributed by atoms with Crippen molar-refractivity contribution in [3.8, 4) is 0 Å². The molecule has 2 aliphatic carbocycles. The Balaban J connectivity index is 2.27. The van der Waals surface area contributed by atoms with Crippen molar-refractivity contribution in [1.82, 2.24) is 0 Å². The van der Waals surface area contributed by atoms with Crippen LogP contribution in [0.2, 0.25) is 0 Å². The summed E-state index contributed by atoms with van der Waals surface area (Å²) >= 11 is 0. The van der Waals surface area contributed by atoms with E-state index in [1.165, 1.54) is 27.8 Å². The molecule has 0 N–H and O–H groups in total. The second kappa shape index (κ2) is 2.96. The zero-order chi connectivity index (χ0) is 10.4. The molecule has 2 aliphatic rings. The van der Waals surface area contributed by atoms with Crippen molar-refractivity contribution in [3.63, 3.8) is 0 Å². The van der Waals surface area contributed by atoms with E-state index < -0.39 is 0 Å². The molecule has 0 bridgehead atoms. The normalized spacial score (nSPS) is 21.9. The lowest BCUT2D eigenvalue weighted by Gasteiger charge is -2.14. The van der Waals surface area contributed by atoms with Gasteiger partial charge < -0.3 is 0 Å². The Bertz CT molecular complexity index is 513. The topological polar surface area (TPSA) is 0 Å². The van der Waals surface area contributed by atoms with Crippen molar-refractivity contribution in [2.45, 2.75) is 13.8 Å². The third-order valence-corrected chi connectivity index (χ3v) is 3.38. The molecular formula is C15H14. The molecule has 15 heavy (non-hydrogen) atoms. The largest absolute Gasteiger partial charge is 0.0772 e. The fraction of sp³-hybridized carbons (Fsp3) is 0.200. The monoisotopic (exact) mass is 194 g/mol. The minimum atomic E-state index is 0.553. The SMILES string of the molecule is Cc1cccc2c1C=C1C2=CC=CC1C.